The van der Waals surface area contributed by atoms with Crippen molar-refractivity contribution in [2.24, 2.45) is 0 Å². The van der Waals surface area contributed by atoms with Crippen LogP contribution in [0.2, 0.25) is 0 Å². The Morgan fingerprint density at radius 1 is 0.929 bits per heavy atom. The van der Waals surface area contributed by atoms with Gasteiger partial charge in [0, 0.05) is 19.3 Å². The highest BCUT2D eigenvalue weighted by molar-refractivity contribution is 5.92. The quantitative estimate of drug-likeness (QED) is 0.600. The fourth-order valence-electron chi connectivity index (χ4n) is 2.74. The smallest absolute Gasteiger partial charge is 0.270 e. The summed E-state index contributed by atoms with van der Waals surface area (Å²) in [7, 11) is 1.64. The van der Waals surface area contributed by atoms with Gasteiger partial charge < -0.3 is 15.4 Å². The molecule has 0 aliphatic rings. The number of hydrogen-bond donors (Lipinski definition) is 2. The summed E-state index contributed by atoms with van der Waals surface area (Å²) in [6, 6.07) is 19.6. The van der Waals surface area contributed by atoms with Crippen molar-refractivity contribution in [3.8, 4) is 5.75 Å². The average molecular weight is 376 g/mol. The predicted molar refractivity (Wildman–Crippen MR) is 110 cm³/mol. The number of anilines is 1. The van der Waals surface area contributed by atoms with Crippen LogP contribution in [0.3, 0.4) is 0 Å². The van der Waals surface area contributed by atoms with E-state index >= 15 is 0 Å². The predicted octanol–water partition coefficient (Wildman–Crippen LogP) is 3.11. The Balaban J connectivity index is 1.46. The molecule has 0 spiro atoms. The number of methoxy groups -OCH3 is 1. The van der Waals surface area contributed by atoms with E-state index in [0.717, 1.165) is 24.2 Å². The molecule has 0 unspecified atom stereocenters. The molecule has 6 nitrogen and oxygen atoms in total. The Morgan fingerprint density at radius 2 is 1.64 bits per heavy atom. The standard InChI is InChI=1S/C22H24N4O2/c1-28-19-9-7-18(8-10-19)11-14-23-21(27)20-13-16-25-22(26-20)24-15-12-17-5-3-2-4-6-17/h2-10,13,16H,11-12,14-15H2,1H3,(H,23,27)(H,24,25,26). The zero-order chi connectivity index (χ0) is 19.6. The van der Waals surface area contributed by atoms with E-state index in [1.807, 2.05) is 42.5 Å². The largest absolute Gasteiger partial charge is 0.497 e. The van der Waals surface area contributed by atoms with E-state index in [1.54, 1.807) is 19.4 Å². The Morgan fingerprint density at radius 3 is 2.39 bits per heavy atom. The van der Waals surface area contributed by atoms with Gasteiger partial charge in [-0.15, -0.1) is 0 Å². The van der Waals surface area contributed by atoms with E-state index < -0.39 is 0 Å². The molecule has 0 aliphatic carbocycles. The van der Waals surface area contributed by atoms with Crippen LogP contribution in [0.5, 0.6) is 5.75 Å². The summed E-state index contributed by atoms with van der Waals surface area (Å²) in [6.07, 6.45) is 3.20. The molecule has 3 aromatic rings. The first-order valence-electron chi connectivity index (χ1n) is 9.26. The minimum Gasteiger partial charge on any atom is -0.497 e. The number of carbonyl (C=O) groups is 1. The molecule has 1 amide bonds. The maximum atomic E-state index is 12.3. The Labute approximate surface area is 165 Å². The normalized spacial score (nSPS) is 10.3. The average Bonchev–Trinajstić information content (AvgIpc) is 2.75. The fraction of sp³-hybridized carbons (Fsp3) is 0.227. The summed E-state index contributed by atoms with van der Waals surface area (Å²) in [5.41, 5.74) is 2.72. The zero-order valence-electron chi connectivity index (χ0n) is 15.9. The highest BCUT2D eigenvalue weighted by Crippen LogP contribution is 2.11. The SMILES string of the molecule is COc1ccc(CCNC(=O)c2ccnc(NCCc3ccccc3)n2)cc1. The number of hydrogen-bond acceptors (Lipinski definition) is 5. The molecular weight excluding hydrogens is 352 g/mol. The highest BCUT2D eigenvalue weighted by Gasteiger charge is 2.08. The molecule has 2 N–H and O–H groups in total. The van der Waals surface area contributed by atoms with Crippen LogP contribution < -0.4 is 15.4 Å². The lowest BCUT2D eigenvalue weighted by atomic mass is 10.1. The van der Waals surface area contributed by atoms with Gasteiger partial charge in [0.1, 0.15) is 11.4 Å². The van der Waals surface area contributed by atoms with Crippen molar-refractivity contribution in [3.63, 3.8) is 0 Å². The van der Waals surface area contributed by atoms with Crippen LogP contribution in [-0.2, 0) is 12.8 Å². The molecular formula is C22H24N4O2. The van der Waals surface area contributed by atoms with Gasteiger partial charge in [-0.1, -0.05) is 42.5 Å². The lowest BCUT2D eigenvalue weighted by Gasteiger charge is -2.08. The minimum absolute atomic E-state index is 0.206. The van der Waals surface area contributed by atoms with Crippen molar-refractivity contribution in [1.82, 2.24) is 15.3 Å². The van der Waals surface area contributed by atoms with Gasteiger partial charge in [-0.25, -0.2) is 9.97 Å². The van der Waals surface area contributed by atoms with Crippen LogP contribution in [0, 0.1) is 0 Å². The first kappa shape index (κ1) is 19.4. The van der Waals surface area contributed by atoms with Crippen LogP contribution in [0.15, 0.2) is 66.9 Å². The molecule has 1 aromatic heterocycles. The van der Waals surface area contributed by atoms with Crippen molar-refractivity contribution in [2.45, 2.75) is 12.8 Å². The molecule has 0 saturated heterocycles. The minimum atomic E-state index is -0.206. The molecule has 0 bridgehead atoms. The van der Waals surface area contributed by atoms with Gasteiger partial charge in [0.15, 0.2) is 0 Å². The van der Waals surface area contributed by atoms with Crippen molar-refractivity contribution in [1.29, 1.82) is 0 Å². The Kier molecular flexibility index (Phi) is 6.95. The maximum Gasteiger partial charge on any atom is 0.270 e. The molecule has 3 rings (SSSR count). The summed E-state index contributed by atoms with van der Waals surface area (Å²) in [6.45, 7) is 1.23. The molecule has 1 heterocycles. The van der Waals surface area contributed by atoms with E-state index in [2.05, 4.69) is 32.7 Å². The number of amides is 1. The van der Waals surface area contributed by atoms with Crippen LogP contribution in [-0.4, -0.2) is 36.1 Å². The third-order valence-electron chi connectivity index (χ3n) is 4.29. The summed E-state index contributed by atoms with van der Waals surface area (Å²) >= 11 is 0. The molecule has 0 atom stereocenters. The summed E-state index contributed by atoms with van der Waals surface area (Å²) in [5.74, 6) is 1.07. The maximum absolute atomic E-state index is 12.3. The van der Waals surface area contributed by atoms with Gasteiger partial charge in [-0.05, 0) is 42.2 Å². The number of aromatic nitrogens is 2. The van der Waals surface area contributed by atoms with E-state index in [-0.39, 0.29) is 5.91 Å². The second kappa shape index (κ2) is 10.1. The van der Waals surface area contributed by atoms with Gasteiger partial charge in [-0.2, -0.15) is 0 Å². The van der Waals surface area contributed by atoms with E-state index in [9.17, 15) is 4.79 Å². The Hall–Kier alpha value is -3.41. The highest BCUT2D eigenvalue weighted by atomic mass is 16.5. The van der Waals surface area contributed by atoms with E-state index in [4.69, 9.17) is 4.74 Å². The lowest BCUT2D eigenvalue weighted by Crippen LogP contribution is -2.27. The third-order valence-corrected chi connectivity index (χ3v) is 4.29. The number of carbonyl (C=O) groups excluding carboxylic acids is 1. The number of benzene rings is 2. The van der Waals surface area contributed by atoms with Crippen LogP contribution in [0.1, 0.15) is 21.6 Å². The molecule has 28 heavy (non-hydrogen) atoms. The van der Waals surface area contributed by atoms with Crippen LogP contribution >= 0.6 is 0 Å². The second-order valence-corrected chi connectivity index (χ2v) is 6.28. The number of ether oxygens (including phenoxy) is 1. The topological polar surface area (TPSA) is 76.1 Å². The van der Waals surface area contributed by atoms with E-state index in [1.165, 1.54) is 5.56 Å². The van der Waals surface area contributed by atoms with Crippen molar-refractivity contribution < 1.29 is 9.53 Å². The molecule has 0 aliphatic heterocycles. The van der Waals surface area contributed by atoms with Gasteiger partial charge in [0.25, 0.3) is 5.91 Å². The Bertz CT molecular complexity index is 883. The first-order valence-corrected chi connectivity index (χ1v) is 9.26. The van der Waals surface area contributed by atoms with Crippen molar-refractivity contribution in [2.75, 3.05) is 25.5 Å². The third kappa shape index (κ3) is 5.81. The van der Waals surface area contributed by atoms with Crippen molar-refractivity contribution in [3.05, 3.63) is 83.7 Å². The number of nitrogens with one attached hydrogen (secondary N) is 2. The zero-order valence-corrected chi connectivity index (χ0v) is 15.9. The molecule has 0 fully saturated rings. The molecule has 0 radical (unpaired) electrons. The molecule has 0 saturated carbocycles. The summed E-state index contributed by atoms with van der Waals surface area (Å²) in [5, 5.41) is 6.06. The van der Waals surface area contributed by atoms with Crippen LogP contribution in [0.25, 0.3) is 0 Å². The second-order valence-electron chi connectivity index (χ2n) is 6.28. The van der Waals surface area contributed by atoms with Gasteiger partial charge in [-0.3, -0.25) is 4.79 Å². The molecule has 2 aromatic carbocycles. The van der Waals surface area contributed by atoms with Gasteiger partial charge >= 0.3 is 0 Å². The van der Waals surface area contributed by atoms with Gasteiger partial charge in [0.2, 0.25) is 5.95 Å². The summed E-state index contributed by atoms with van der Waals surface area (Å²) in [4.78, 5) is 20.8. The van der Waals surface area contributed by atoms with Crippen LogP contribution in [0.4, 0.5) is 5.95 Å². The van der Waals surface area contributed by atoms with Crippen molar-refractivity contribution >= 4 is 11.9 Å². The fourth-order valence-corrected chi connectivity index (χ4v) is 2.74. The van der Waals surface area contributed by atoms with Gasteiger partial charge in [0.05, 0.1) is 7.11 Å². The summed E-state index contributed by atoms with van der Waals surface area (Å²) < 4.78 is 5.14. The van der Waals surface area contributed by atoms with E-state index in [0.29, 0.717) is 24.7 Å². The first-order chi connectivity index (χ1) is 13.7. The lowest BCUT2D eigenvalue weighted by molar-refractivity contribution is 0.0949. The molecule has 6 heteroatoms. The number of rotatable bonds is 9. The number of nitrogens with zero attached hydrogens (tertiary/aromatic N) is 2. The molecule has 144 valence electrons. The monoisotopic (exact) mass is 376 g/mol.